The molecule has 40 heavy (non-hydrogen) atoms. The number of ether oxygens (including phenoxy) is 1. The molecule has 14 heteroatoms. The molecule has 5 N–H and O–H groups in total. The van der Waals surface area contributed by atoms with Crippen LogP contribution in [-0.4, -0.2) is 57.1 Å². The quantitative estimate of drug-likeness (QED) is 0.297. The maximum atomic E-state index is 12.7. The van der Waals surface area contributed by atoms with Crippen LogP contribution in [-0.2, 0) is 4.79 Å². The molecular weight excluding hydrogens is 531 g/mol. The number of imidazole rings is 1. The van der Waals surface area contributed by atoms with Gasteiger partial charge in [0.2, 0.25) is 5.91 Å². The first-order valence-electron chi connectivity index (χ1n) is 12.1. The maximum absolute atomic E-state index is 12.7. The second-order valence-corrected chi connectivity index (χ2v) is 8.93. The highest BCUT2D eigenvalue weighted by Crippen LogP contribution is 2.34. The van der Waals surface area contributed by atoms with Crippen molar-refractivity contribution < 1.29 is 32.3 Å². The Morgan fingerprint density at radius 3 is 2.52 bits per heavy atom. The summed E-state index contributed by atoms with van der Waals surface area (Å²) in [6.07, 6.45) is -1.21. The van der Waals surface area contributed by atoms with Crippen molar-refractivity contribution in [2.45, 2.75) is 31.5 Å². The number of nitrogens with zero attached hydrogens (tertiary/aromatic N) is 4. The van der Waals surface area contributed by atoms with Gasteiger partial charge in [-0.05, 0) is 37.5 Å². The fourth-order valence-corrected chi connectivity index (χ4v) is 4.42. The standard InChI is InChI=1S/C26H26F3N7O4/c1-40-17-10-12-32-19(14-17)33-25(39)16-7-5-15(6-8-16)21-22(23(30)38)36(31)24(34-21)18-4-2-3-13-35(18)20(37)9-11-26(27,28)29/h5-12,14,18H,2-4,13,31H2,1H3,(H2,30,38)(H,32,33,39). The number of carbonyl (C=O) groups is 3. The van der Waals surface area contributed by atoms with E-state index in [-0.39, 0.29) is 41.2 Å². The van der Waals surface area contributed by atoms with Gasteiger partial charge in [-0.2, -0.15) is 13.2 Å². The van der Waals surface area contributed by atoms with E-state index in [1.54, 1.807) is 24.3 Å². The molecule has 1 unspecified atom stereocenters. The number of rotatable bonds is 7. The number of nitrogen functional groups attached to an aromatic ring is 1. The van der Waals surface area contributed by atoms with Crippen molar-refractivity contribution in [3.63, 3.8) is 0 Å². The summed E-state index contributed by atoms with van der Waals surface area (Å²) in [5, 5.41) is 2.66. The van der Waals surface area contributed by atoms with Crippen molar-refractivity contribution in [3.05, 3.63) is 71.8 Å². The maximum Gasteiger partial charge on any atom is 0.409 e. The van der Waals surface area contributed by atoms with Crippen LogP contribution >= 0.6 is 0 Å². The Balaban J connectivity index is 1.62. The molecule has 4 rings (SSSR count). The van der Waals surface area contributed by atoms with E-state index in [0.29, 0.717) is 36.7 Å². The highest BCUT2D eigenvalue weighted by molar-refractivity contribution is 6.04. The van der Waals surface area contributed by atoms with E-state index in [1.165, 1.54) is 30.3 Å². The van der Waals surface area contributed by atoms with E-state index < -0.39 is 29.9 Å². The molecule has 0 aliphatic carbocycles. The molecule has 210 valence electrons. The summed E-state index contributed by atoms with van der Waals surface area (Å²) in [5.74, 6) is 4.91. The number of likely N-dealkylation sites (tertiary alicyclic amines) is 1. The van der Waals surface area contributed by atoms with Crippen molar-refractivity contribution in [1.29, 1.82) is 0 Å². The SMILES string of the molecule is COc1ccnc(NC(=O)c2ccc(-c3nc(C4CCCCN4C(=O)C=CC(F)(F)F)n(N)c3C(N)=O)cc2)c1. The molecule has 0 bridgehead atoms. The minimum Gasteiger partial charge on any atom is -0.497 e. The summed E-state index contributed by atoms with van der Waals surface area (Å²) < 4.78 is 44.0. The summed E-state index contributed by atoms with van der Waals surface area (Å²) in [5.41, 5.74) is 6.23. The van der Waals surface area contributed by atoms with Crippen molar-refractivity contribution in [1.82, 2.24) is 19.5 Å². The van der Waals surface area contributed by atoms with Crippen molar-refractivity contribution >= 4 is 23.5 Å². The van der Waals surface area contributed by atoms with E-state index in [9.17, 15) is 27.6 Å². The number of nitrogens with two attached hydrogens (primary N) is 2. The van der Waals surface area contributed by atoms with Gasteiger partial charge in [0.25, 0.3) is 11.8 Å². The third kappa shape index (κ3) is 6.22. The van der Waals surface area contributed by atoms with E-state index in [0.717, 1.165) is 4.68 Å². The summed E-state index contributed by atoms with van der Waals surface area (Å²) in [4.78, 5) is 47.5. The Morgan fingerprint density at radius 1 is 1.15 bits per heavy atom. The van der Waals surface area contributed by atoms with E-state index in [1.807, 2.05) is 0 Å². The van der Waals surface area contributed by atoms with E-state index in [4.69, 9.17) is 16.3 Å². The Labute approximate surface area is 226 Å². The Kier molecular flexibility index (Phi) is 8.07. The number of nitrogens with one attached hydrogen (secondary N) is 1. The van der Waals surface area contributed by atoms with Crippen LogP contribution in [0.25, 0.3) is 11.3 Å². The highest BCUT2D eigenvalue weighted by Gasteiger charge is 2.34. The van der Waals surface area contributed by atoms with Crippen molar-refractivity contribution in [2.75, 3.05) is 24.8 Å². The van der Waals surface area contributed by atoms with Crippen LogP contribution in [0.5, 0.6) is 5.75 Å². The molecule has 1 atom stereocenters. The number of carbonyl (C=O) groups excluding carboxylic acids is 3. The number of anilines is 1. The van der Waals surface area contributed by atoms with Gasteiger partial charge in [0.1, 0.15) is 17.3 Å². The molecule has 3 heterocycles. The van der Waals surface area contributed by atoms with Gasteiger partial charge in [-0.15, -0.1) is 0 Å². The Bertz CT molecular complexity index is 1450. The van der Waals surface area contributed by atoms with E-state index in [2.05, 4.69) is 15.3 Å². The normalized spacial score (nSPS) is 15.7. The van der Waals surface area contributed by atoms with Crippen LogP contribution in [0.3, 0.4) is 0 Å². The number of pyridine rings is 1. The molecule has 1 saturated heterocycles. The van der Waals surface area contributed by atoms with Crippen molar-refractivity contribution in [3.8, 4) is 17.0 Å². The van der Waals surface area contributed by atoms with Crippen LogP contribution in [0.1, 0.15) is 52.0 Å². The molecule has 1 fully saturated rings. The van der Waals surface area contributed by atoms with Crippen LogP contribution in [0, 0.1) is 0 Å². The van der Waals surface area contributed by atoms with Gasteiger partial charge >= 0.3 is 6.18 Å². The highest BCUT2D eigenvalue weighted by atomic mass is 19.4. The summed E-state index contributed by atoms with van der Waals surface area (Å²) in [6.45, 7) is 0.186. The average molecular weight is 558 g/mol. The fraction of sp³-hybridized carbons (Fsp3) is 0.269. The van der Waals surface area contributed by atoms with Crippen molar-refractivity contribution in [2.24, 2.45) is 5.73 Å². The second-order valence-electron chi connectivity index (χ2n) is 8.93. The van der Waals surface area contributed by atoms with Crippen LogP contribution in [0.15, 0.2) is 54.7 Å². The zero-order valence-electron chi connectivity index (χ0n) is 21.3. The molecule has 11 nitrogen and oxygen atoms in total. The first-order valence-corrected chi connectivity index (χ1v) is 12.1. The number of allylic oxidation sites excluding steroid dienone is 1. The number of alkyl halides is 3. The topological polar surface area (TPSA) is 158 Å². The first kappa shape index (κ1) is 28.1. The van der Waals surface area contributed by atoms with Crippen LogP contribution in [0.4, 0.5) is 19.0 Å². The largest absolute Gasteiger partial charge is 0.497 e. The lowest BCUT2D eigenvalue weighted by atomic mass is 10.0. The number of aromatic nitrogens is 3. The lowest BCUT2D eigenvalue weighted by Gasteiger charge is -2.34. The molecule has 2 aromatic heterocycles. The summed E-state index contributed by atoms with van der Waals surface area (Å²) in [7, 11) is 1.49. The smallest absolute Gasteiger partial charge is 0.409 e. The van der Waals surface area contributed by atoms with Crippen LogP contribution in [0.2, 0.25) is 0 Å². The van der Waals surface area contributed by atoms with Gasteiger partial charge in [0, 0.05) is 42.1 Å². The van der Waals surface area contributed by atoms with Crippen LogP contribution < -0.4 is 21.6 Å². The number of hydrogen-bond acceptors (Lipinski definition) is 7. The third-order valence-electron chi connectivity index (χ3n) is 6.30. The fourth-order valence-electron chi connectivity index (χ4n) is 4.42. The predicted octanol–water partition coefficient (Wildman–Crippen LogP) is 3.19. The lowest BCUT2D eigenvalue weighted by molar-refractivity contribution is -0.130. The minimum atomic E-state index is -4.65. The summed E-state index contributed by atoms with van der Waals surface area (Å²) in [6, 6.07) is 8.50. The molecule has 1 aromatic carbocycles. The molecular formula is C26H26F3N7O4. The molecule has 3 aromatic rings. The zero-order chi connectivity index (χ0) is 29.0. The summed E-state index contributed by atoms with van der Waals surface area (Å²) >= 11 is 0. The monoisotopic (exact) mass is 557 g/mol. The van der Waals surface area contributed by atoms with E-state index >= 15 is 0 Å². The van der Waals surface area contributed by atoms with Gasteiger partial charge in [-0.1, -0.05) is 12.1 Å². The number of primary amides is 1. The van der Waals surface area contributed by atoms with Gasteiger partial charge in [0.05, 0.1) is 13.2 Å². The molecule has 0 radical (unpaired) electrons. The molecule has 0 saturated carbocycles. The average Bonchev–Trinajstić information content (AvgIpc) is 3.28. The number of benzene rings is 1. The Hall–Kier alpha value is -4.88. The van der Waals surface area contributed by atoms with Gasteiger partial charge in [-0.25, -0.2) is 14.6 Å². The minimum absolute atomic E-state index is 0.100. The first-order chi connectivity index (χ1) is 19.0. The number of halogens is 3. The zero-order valence-corrected chi connectivity index (χ0v) is 21.3. The number of methoxy groups -OCH3 is 1. The lowest BCUT2D eigenvalue weighted by Crippen LogP contribution is -2.40. The van der Waals surface area contributed by atoms with Gasteiger partial charge in [-0.3, -0.25) is 14.4 Å². The molecule has 0 spiro atoms. The molecule has 1 aliphatic rings. The molecule has 1 aliphatic heterocycles. The second kappa shape index (κ2) is 11.5. The third-order valence-corrected chi connectivity index (χ3v) is 6.30. The predicted molar refractivity (Wildman–Crippen MR) is 139 cm³/mol. The number of piperidine rings is 1. The van der Waals surface area contributed by atoms with Gasteiger partial charge < -0.3 is 26.5 Å². The van der Waals surface area contributed by atoms with Gasteiger partial charge in [0.15, 0.2) is 11.5 Å². The Morgan fingerprint density at radius 2 is 1.88 bits per heavy atom. The number of amides is 3. The number of hydrogen-bond donors (Lipinski definition) is 3. The molecule has 3 amide bonds.